The Kier molecular flexibility index (Phi) is 8.33. The summed E-state index contributed by atoms with van der Waals surface area (Å²) in [6, 6.07) is 0. The van der Waals surface area contributed by atoms with Crippen LogP contribution in [0.4, 0.5) is 0 Å². The standard InChI is InChI=1S/C13H27OP/c1-5-6-7-8-10(2)11(3)12(4)13(14)9-15/h10-12H,5-9,15H2,1-4H3. The van der Waals surface area contributed by atoms with Gasteiger partial charge < -0.3 is 0 Å². The zero-order valence-electron chi connectivity index (χ0n) is 10.8. The van der Waals surface area contributed by atoms with E-state index in [2.05, 4.69) is 36.9 Å². The Morgan fingerprint density at radius 3 is 2.27 bits per heavy atom. The molecule has 0 fully saturated rings. The number of unbranched alkanes of at least 4 members (excludes halogenated alkanes) is 2. The third-order valence-corrected chi connectivity index (χ3v) is 4.06. The van der Waals surface area contributed by atoms with E-state index in [1.54, 1.807) is 0 Å². The van der Waals surface area contributed by atoms with Crippen LogP contribution in [0.15, 0.2) is 0 Å². The van der Waals surface area contributed by atoms with E-state index in [9.17, 15) is 4.79 Å². The lowest BCUT2D eigenvalue weighted by Crippen LogP contribution is -2.24. The molecule has 0 radical (unpaired) electrons. The Bertz CT molecular complexity index is 179. The highest BCUT2D eigenvalue weighted by Gasteiger charge is 2.23. The predicted molar refractivity (Wildman–Crippen MR) is 71.2 cm³/mol. The van der Waals surface area contributed by atoms with Gasteiger partial charge in [-0.15, -0.1) is 9.24 Å². The van der Waals surface area contributed by atoms with Crippen molar-refractivity contribution >= 4 is 15.0 Å². The van der Waals surface area contributed by atoms with E-state index in [0.29, 0.717) is 23.8 Å². The Morgan fingerprint density at radius 2 is 1.80 bits per heavy atom. The molecule has 0 saturated carbocycles. The summed E-state index contributed by atoms with van der Waals surface area (Å²) in [7, 11) is 2.54. The summed E-state index contributed by atoms with van der Waals surface area (Å²) in [5, 5.41) is 0. The zero-order valence-corrected chi connectivity index (χ0v) is 11.9. The molecule has 1 nitrogen and oxygen atoms in total. The molecule has 4 unspecified atom stereocenters. The maximum absolute atomic E-state index is 11.6. The molecule has 0 N–H and O–H groups in total. The Balaban J connectivity index is 3.95. The summed E-state index contributed by atoms with van der Waals surface area (Å²) in [6.07, 6.45) is 5.78. The fourth-order valence-electron chi connectivity index (χ4n) is 1.95. The van der Waals surface area contributed by atoms with Crippen LogP contribution in [0.3, 0.4) is 0 Å². The second-order valence-electron chi connectivity index (χ2n) is 4.79. The van der Waals surface area contributed by atoms with Gasteiger partial charge in [0.15, 0.2) is 0 Å². The largest absolute Gasteiger partial charge is 0.299 e. The molecule has 90 valence electrons. The van der Waals surface area contributed by atoms with Crippen molar-refractivity contribution in [3.63, 3.8) is 0 Å². The first-order valence-electron chi connectivity index (χ1n) is 6.27. The van der Waals surface area contributed by atoms with E-state index >= 15 is 0 Å². The maximum atomic E-state index is 11.6. The molecule has 0 aliphatic heterocycles. The first kappa shape index (κ1) is 15.1. The third-order valence-electron chi connectivity index (χ3n) is 3.66. The van der Waals surface area contributed by atoms with E-state index in [4.69, 9.17) is 0 Å². The molecule has 0 rings (SSSR count). The fourth-order valence-corrected chi connectivity index (χ4v) is 2.32. The minimum Gasteiger partial charge on any atom is -0.299 e. The number of hydrogen-bond acceptors (Lipinski definition) is 1. The monoisotopic (exact) mass is 230 g/mol. The van der Waals surface area contributed by atoms with Gasteiger partial charge in [-0.05, 0) is 11.8 Å². The molecular weight excluding hydrogens is 203 g/mol. The number of Topliss-reactive ketones (excluding diaryl/α,β-unsaturated/α-hetero) is 1. The number of hydrogen-bond donors (Lipinski definition) is 0. The molecule has 0 aromatic carbocycles. The number of carbonyl (C=O) groups is 1. The molecule has 0 aliphatic rings. The van der Waals surface area contributed by atoms with Crippen molar-refractivity contribution < 1.29 is 4.79 Å². The van der Waals surface area contributed by atoms with Crippen LogP contribution < -0.4 is 0 Å². The van der Waals surface area contributed by atoms with E-state index < -0.39 is 0 Å². The second kappa shape index (κ2) is 8.28. The van der Waals surface area contributed by atoms with E-state index in [0.717, 1.165) is 0 Å². The number of ketones is 1. The molecule has 0 bridgehead atoms. The molecule has 2 heteroatoms. The van der Waals surface area contributed by atoms with Crippen molar-refractivity contribution in [2.24, 2.45) is 17.8 Å². The Hall–Kier alpha value is 0.100. The summed E-state index contributed by atoms with van der Waals surface area (Å²) < 4.78 is 0. The van der Waals surface area contributed by atoms with E-state index in [-0.39, 0.29) is 5.92 Å². The van der Waals surface area contributed by atoms with Crippen LogP contribution in [0, 0.1) is 17.8 Å². The average molecular weight is 230 g/mol. The van der Waals surface area contributed by atoms with Crippen LogP contribution >= 0.6 is 9.24 Å². The summed E-state index contributed by atoms with van der Waals surface area (Å²) in [6.45, 7) is 8.81. The molecule has 4 atom stereocenters. The molecule has 0 heterocycles. The van der Waals surface area contributed by atoms with Crippen molar-refractivity contribution in [3.05, 3.63) is 0 Å². The first-order chi connectivity index (χ1) is 7.04. The molecule has 0 aromatic heterocycles. The van der Waals surface area contributed by atoms with Crippen molar-refractivity contribution in [2.75, 3.05) is 6.16 Å². The van der Waals surface area contributed by atoms with Gasteiger partial charge in [0.25, 0.3) is 0 Å². The summed E-state index contributed by atoms with van der Waals surface area (Å²) in [4.78, 5) is 11.6. The minimum absolute atomic E-state index is 0.221. The van der Waals surface area contributed by atoms with Crippen LogP contribution in [0.2, 0.25) is 0 Å². The van der Waals surface area contributed by atoms with Crippen molar-refractivity contribution in [1.29, 1.82) is 0 Å². The van der Waals surface area contributed by atoms with Gasteiger partial charge in [-0.3, -0.25) is 4.79 Å². The van der Waals surface area contributed by atoms with Crippen LogP contribution in [-0.4, -0.2) is 11.9 Å². The Morgan fingerprint density at radius 1 is 1.20 bits per heavy atom. The van der Waals surface area contributed by atoms with Crippen molar-refractivity contribution in [1.82, 2.24) is 0 Å². The quantitative estimate of drug-likeness (QED) is 0.456. The topological polar surface area (TPSA) is 17.1 Å². The fraction of sp³-hybridized carbons (Fsp3) is 0.923. The van der Waals surface area contributed by atoms with Crippen LogP contribution in [0.1, 0.15) is 53.4 Å². The molecular formula is C13H27OP. The summed E-state index contributed by atoms with van der Waals surface area (Å²) in [5.41, 5.74) is 0. The van der Waals surface area contributed by atoms with Crippen molar-refractivity contribution in [3.8, 4) is 0 Å². The van der Waals surface area contributed by atoms with Gasteiger partial charge in [0, 0.05) is 12.1 Å². The maximum Gasteiger partial charge on any atom is 0.139 e. The molecule has 0 amide bonds. The van der Waals surface area contributed by atoms with E-state index in [1.807, 2.05) is 0 Å². The predicted octanol–water partition coefficient (Wildman–Crippen LogP) is 3.92. The molecule has 0 aromatic rings. The van der Waals surface area contributed by atoms with E-state index in [1.165, 1.54) is 25.7 Å². The van der Waals surface area contributed by atoms with Gasteiger partial charge in [0.1, 0.15) is 5.78 Å². The lowest BCUT2D eigenvalue weighted by atomic mass is 9.80. The summed E-state index contributed by atoms with van der Waals surface area (Å²) in [5.74, 6) is 1.80. The average Bonchev–Trinajstić information content (AvgIpc) is 2.26. The van der Waals surface area contributed by atoms with Gasteiger partial charge in [0.2, 0.25) is 0 Å². The third kappa shape index (κ3) is 5.66. The smallest absolute Gasteiger partial charge is 0.139 e. The highest BCUT2D eigenvalue weighted by Crippen LogP contribution is 2.26. The van der Waals surface area contributed by atoms with Gasteiger partial charge in [0.05, 0.1) is 0 Å². The van der Waals surface area contributed by atoms with Crippen LogP contribution in [0.25, 0.3) is 0 Å². The second-order valence-corrected chi connectivity index (χ2v) is 5.20. The lowest BCUT2D eigenvalue weighted by molar-refractivity contribution is -0.121. The van der Waals surface area contributed by atoms with Gasteiger partial charge >= 0.3 is 0 Å². The van der Waals surface area contributed by atoms with Gasteiger partial charge in [-0.1, -0.05) is 53.4 Å². The number of rotatable bonds is 8. The van der Waals surface area contributed by atoms with Gasteiger partial charge in [-0.25, -0.2) is 0 Å². The summed E-state index contributed by atoms with van der Waals surface area (Å²) >= 11 is 0. The number of carbonyl (C=O) groups excluding carboxylic acids is 1. The highest BCUT2D eigenvalue weighted by molar-refractivity contribution is 7.18. The van der Waals surface area contributed by atoms with Crippen molar-refractivity contribution in [2.45, 2.75) is 53.4 Å². The lowest BCUT2D eigenvalue weighted by Gasteiger charge is -2.25. The normalized spacial score (nSPS) is 17.1. The molecule has 0 spiro atoms. The molecule has 0 aliphatic carbocycles. The van der Waals surface area contributed by atoms with Crippen LogP contribution in [-0.2, 0) is 4.79 Å². The SMILES string of the molecule is CCCCCC(C)C(C)C(C)C(=O)CP. The van der Waals surface area contributed by atoms with Crippen LogP contribution in [0.5, 0.6) is 0 Å². The minimum atomic E-state index is 0.221. The zero-order chi connectivity index (χ0) is 11.8. The highest BCUT2D eigenvalue weighted by atomic mass is 31.0. The molecule has 15 heavy (non-hydrogen) atoms. The Labute approximate surface area is 97.6 Å². The first-order valence-corrected chi connectivity index (χ1v) is 7.09. The molecule has 0 saturated heterocycles. The van der Waals surface area contributed by atoms with Gasteiger partial charge in [-0.2, -0.15) is 0 Å².